The zero-order valence-corrected chi connectivity index (χ0v) is 11.9. The van der Waals surface area contributed by atoms with Crippen LogP contribution in [0.1, 0.15) is 35.7 Å². The van der Waals surface area contributed by atoms with E-state index in [0.717, 1.165) is 25.0 Å². The van der Waals surface area contributed by atoms with Crippen LogP contribution in [0.4, 0.5) is 0 Å². The first-order chi connectivity index (χ1) is 9.74. The van der Waals surface area contributed by atoms with E-state index in [4.69, 9.17) is 10.5 Å². The molecule has 1 aliphatic carbocycles. The lowest BCUT2D eigenvalue weighted by atomic mass is 9.88. The average Bonchev–Trinajstić information content (AvgIpc) is 2.85. The third-order valence-electron chi connectivity index (χ3n) is 4.02. The van der Waals surface area contributed by atoms with E-state index in [1.165, 1.54) is 23.2 Å². The molecule has 1 unspecified atom stereocenters. The number of hydrogen-bond acceptors (Lipinski definition) is 3. The molecule has 4 heteroatoms. The molecule has 0 saturated heterocycles. The first-order valence-electron chi connectivity index (χ1n) is 7.22. The minimum absolute atomic E-state index is 0.197. The van der Waals surface area contributed by atoms with Crippen LogP contribution in [0.15, 0.2) is 30.5 Å². The second-order valence-electron chi connectivity index (χ2n) is 5.40. The third kappa shape index (κ3) is 2.70. The summed E-state index contributed by atoms with van der Waals surface area (Å²) in [6.45, 7) is 0.671. The van der Waals surface area contributed by atoms with E-state index in [2.05, 4.69) is 17.2 Å². The van der Waals surface area contributed by atoms with Crippen LogP contribution in [0.5, 0.6) is 5.75 Å². The number of aromatic nitrogens is 2. The summed E-state index contributed by atoms with van der Waals surface area (Å²) < 4.78 is 7.74. The summed E-state index contributed by atoms with van der Waals surface area (Å²) in [6, 6.07) is 8.53. The van der Waals surface area contributed by atoms with Gasteiger partial charge in [0.25, 0.3) is 0 Å². The Balaban J connectivity index is 1.62. The molecule has 2 N–H and O–H groups in total. The summed E-state index contributed by atoms with van der Waals surface area (Å²) >= 11 is 0. The summed E-state index contributed by atoms with van der Waals surface area (Å²) in [5.74, 6) is 0.944. The van der Waals surface area contributed by atoms with Gasteiger partial charge in [0.05, 0.1) is 6.61 Å². The van der Waals surface area contributed by atoms with Gasteiger partial charge in [0.1, 0.15) is 5.75 Å². The highest BCUT2D eigenvalue weighted by Gasteiger charge is 2.16. The van der Waals surface area contributed by atoms with Gasteiger partial charge in [0, 0.05) is 31.4 Å². The predicted molar refractivity (Wildman–Crippen MR) is 78.7 cm³/mol. The van der Waals surface area contributed by atoms with Gasteiger partial charge in [-0.25, -0.2) is 0 Å². The Morgan fingerprint density at radius 2 is 2.30 bits per heavy atom. The molecule has 0 radical (unpaired) electrons. The second-order valence-corrected chi connectivity index (χ2v) is 5.40. The topological polar surface area (TPSA) is 53.1 Å². The third-order valence-corrected chi connectivity index (χ3v) is 4.02. The van der Waals surface area contributed by atoms with Crippen LogP contribution in [-0.4, -0.2) is 16.4 Å². The summed E-state index contributed by atoms with van der Waals surface area (Å²) in [5.41, 5.74) is 9.95. The first-order valence-corrected chi connectivity index (χ1v) is 7.22. The molecule has 20 heavy (non-hydrogen) atoms. The minimum Gasteiger partial charge on any atom is -0.493 e. The van der Waals surface area contributed by atoms with E-state index in [0.29, 0.717) is 6.61 Å². The van der Waals surface area contributed by atoms with Gasteiger partial charge in [-0.05, 0) is 48.6 Å². The number of ether oxygens (including phenoxy) is 1. The van der Waals surface area contributed by atoms with Crippen LogP contribution in [0.3, 0.4) is 0 Å². The maximum atomic E-state index is 6.13. The SMILES string of the molecule is Cn1nccc1CCOc1ccc2c(c1)CCCC2N. The van der Waals surface area contributed by atoms with Crippen molar-refractivity contribution in [3.05, 3.63) is 47.3 Å². The van der Waals surface area contributed by atoms with E-state index in [9.17, 15) is 0 Å². The van der Waals surface area contributed by atoms with Crippen LogP contribution in [0.25, 0.3) is 0 Å². The van der Waals surface area contributed by atoms with Crippen molar-refractivity contribution in [1.29, 1.82) is 0 Å². The number of rotatable bonds is 4. The van der Waals surface area contributed by atoms with Gasteiger partial charge in [0.15, 0.2) is 0 Å². The molecule has 0 aliphatic heterocycles. The van der Waals surface area contributed by atoms with Crippen molar-refractivity contribution in [2.24, 2.45) is 12.8 Å². The van der Waals surface area contributed by atoms with E-state index >= 15 is 0 Å². The fourth-order valence-corrected chi connectivity index (χ4v) is 2.84. The molecule has 0 bridgehead atoms. The van der Waals surface area contributed by atoms with Crippen LogP contribution in [0, 0.1) is 0 Å². The van der Waals surface area contributed by atoms with Crippen LogP contribution < -0.4 is 10.5 Å². The fraction of sp³-hybridized carbons (Fsp3) is 0.438. The Hall–Kier alpha value is -1.81. The highest BCUT2D eigenvalue weighted by Crippen LogP contribution is 2.30. The molecule has 3 rings (SSSR count). The summed E-state index contributed by atoms with van der Waals surface area (Å²) in [7, 11) is 1.95. The Morgan fingerprint density at radius 1 is 1.40 bits per heavy atom. The number of nitrogens with zero attached hydrogens (tertiary/aromatic N) is 2. The summed E-state index contributed by atoms with van der Waals surface area (Å²) in [6.07, 6.45) is 6.06. The Kier molecular flexibility index (Phi) is 3.74. The highest BCUT2D eigenvalue weighted by atomic mass is 16.5. The molecule has 0 amide bonds. The lowest BCUT2D eigenvalue weighted by molar-refractivity contribution is 0.317. The highest BCUT2D eigenvalue weighted by molar-refractivity contribution is 5.38. The number of hydrogen-bond donors (Lipinski definition) is 1. The average molecular weight is 271 g/mol. The molecule has 0 saturated carbocycles. The van der Waals surface area contributed by atoms with E-state index < -0.39 is 0 Å². The monoisotopic (exact) mass is 271 g/mol. The molecule has 0 fully saturated rings. The number of benzene rings is 1. The fourth-order valence-electron chi connectivity index (χ4n) is 2.84. The summed E-state index contributed by atoms with van der Waals surface area (Å²) in [5, 5.41) is 4.16. The zero-order valence-electron chi connectivity index (χ0n) is 11.9. The van der Waals surface area contributed by atoms with Gasteiger partial charge in [-0.1, -0.05) is 6.07 Å². The zero-order chi connectivity index (χ0) is 13.9. The molecule has 106 valence electrons. The first kappa shape index (κ1) is 13.2. The van der Waals surface area contributed by atoms with Gasteiger partial charge >= 0.3 is 0 Å². The van der Waals surface area contributed by atoms with E-state index in [1.807, 2.05) is 30.1 Å². The number of aryl methyl sites for hydroxylation is 2. The molecule has 1 atom stereocenters. The Morgan fingerprint density at radius 3 is 3.10 bits per heavy atom. The summed E-state index contributed by atoms with van der Waals surface area (Å²) in [4.78, 5) is 0. The van der Waals surface area contributed by atoms with Crippen LogP contribution in [0.2, 0.25) is 0 Å². The normalized spacial score (nSPS) is 17.8. The second kappa shape index (κ2) is 5.67. The lowest BCUT2D eigenvalue weighted by Gasteiger charge is -2.22. The molecule has 1 aromatic heterocycles. The van der Waals surface area contributed by atoms with E-state index in [-0.39, 0.29) is 6.04 Å². The molecule has 4 nitrogen and oxygen atoms in total. The van der Waals surface area contributed by atoms with Gasteiger partial charge in [-0.3, -0.25) is 4.68 Å². The van der Waals surface area contributed by atoms with Crippen molar-refractivity contribution in [3.63, 3.8) is 0 Å². The maximum absolute atomic E-state index is 6.13. The van der Waals surface area contributed by atoms with Crippen LogP contribution in [-0.2, 0) is 19.9 Å². The van der Waals surface area contributed by atoms with Gasteiger partial charge in [-0.2, -0.15) is 5.10 Å². The number of fused-ring (bicyclic) bond motifs is 1. The van der Waals surface area contributed by atoms with Crippen molar-refractivity contribution in [3.8, 4) is 5.75 Å². The molecule has 1 aromatic carbocycles. The Bertz CT molecular complexity index is 591. The quantitative estimate of drug-likeness (QED) is 0.929. The van der Waals surface area contributed by atoms with E-state index in [1.54, 1.807) is 0 Å². The van der Waals surface area contributed by atoms with Crippen molar-refractivity contribution in [2.45, 2.75) is 31.7 Å². The molecule has 0 spiro atoms. The van der Waals surface area contributed by atoms with Crippen molar-refractivity contribution >= 4 is 0 Å². The Labute approximate surface area is 119 Å². The van der Waals surface area contributed by atoms with Crippen molar-refractivity contribution in [2.75, 3.05) is 6.61 Å². The molecular weight excluding hydrogens is 250 g/mol. The minimum atomic E-state index is 0.197. The largest absolute Gasteiger partial charge is 0.493 e. The van der Waals surface area contributed by atoms with Gasteiger partial charge < -0.3 is 10.5 Å². The molecule has 1 heterocycles. The lowest BCUT2D eigenvalue weighted by Crippen LogP contribution is -2.17. The maximum Gasteiger partial charge on any atom is 0.119 e. The number of nitrogens with two attached hydrogens (primary N) is 1. The van der Waals surface area contributed by atoms with Crippen LogP contribution >= 0.6 is 0 Å². The standard InChI is InChI=1S/C16H21N3O/c1-19-13(7-9-18-19)8-10-20-14-5-6-15-12(11-14)3-2-4-16(15)17/h5-7,9,11,16H,2-4,8,10,17H2,1H3. The van der Waals surface area contributed by atoms with Gasteiger partial charge in [-0.15, -0.1) is 0 Å². The smallest absolute Gasteiger partial charge is 0.119 e. The molecular formula is C16H21N3O. The molecule has 1 aliphatic rings. The molecule has 2 aromatic rings. The van der Waals surface area contributed by atoms with Crippen molar-refractivity contribution in [1.82, 2.24) is 9.78 Å². The van der Waals surface area contributed by atoms with Crippen molar-refractivity contribution < 1.29 is 4.74 Å². The van der Waals surface area contributed by atoms with Gasteiger partial charge in [0.2, 0.25) is 0 Å². The predicted octanol–water partition coefficient (Wildman–Crippen LogP) is 2.38.